The lowest BCUT2D eigenvalue weighted by atomic mass is 9.99. The van der Waals surface area contributed by atoms with Crippen LogP contribution in [-0.4, -0.2) is 36.1 Å². The summed E-state index contributed by atoms with van der Waals surface area (Å²) in [5.41, 5.74) is 12.3. The number of nitrogens with zero attached hydrogens (tertiary/aromatic N) is 2. The highest BCUT2D eigenvalue weighted by atomic mass is 32.2. The maximum absolute atomic E-state index is 12.0. The van der Waals surface area contributed by atoms with Gasteiger partial charge < -0.3 is 21.4 Å². The number of hydrogen-bond donors (Lipinski definition) is 5. The molecule has 7 N–H and O–H groups in total. The smallest absolute Gasteiger partial charge is 0.238 e. The van der Waals surface area contributed by atoms with Crippen molar-refractivity contribution in [1.82, 2.24) is 9.99 Å². The third kappa shape index (κ3) is 4.67. The Morgan fingerprint density at radius 1 is 0.972 bits per heavy atom. The van der Waals surface area contributed by atoms with E-state index >= 15 is 0 Å². The number of rotatable bonds is 7. The van der Waals surface area contributed by atoms with Crippen LogP contribution < -0.4 is 16.3 Å². The number of hydrazone groups is 1. The van der Waals surface area contributed by atoms with Crippen molar-refractivity contribution in [3.8, 4) is 28.6 Å². The van der Waals surface area contributed by atoms with E-state index in [2.05, 4.69) is 17.1 Å². The van der Waals surface area contributed by atoms with Gasteiger partial charge in [-0.3, -0.25) is 4.57 Å². The van der Waals surface area contributed by atoms with E-state index in [-0.39, 0.29) is 16.7 Å². The lowest BCUT2D eigenvalue weighted by Crippen LogP contribution is -2.17. The molecule has 0 saturated carbocycles. The Balaban J connectivity index is 1.70. The van der Waals surface area contributed by atoms with Gasteiger partial charge in [-0.1, -0.05) is 55.1 Å². The van der Waals surface area contributed by atoms with E-state index < -0.39 is 10.0 Å². The third-order valence-electron chi connectivity index (χ3n) is 5.65. The lowest BCUT2D eigenvalue weighted by Gasteiger charge is -2.11. The van der Waals surface area contributed by atoms with Crippen LogP contribution in [0.5, 0.6) is 11.8 Å². The van der Waals surface area contributed by atoms with Crippen molar-refractivity contribution < 1.29 is 18.6 Å². The van der Waals surface area contributed by atoms with Crippen LogP contribution in [0.2, 0.25) is 0 Å². The Bertz CT molecular complexity index is 1590. The highest BCUT2D eigenvalue weighted by Gasteiger charge is 2.20. The normalized spacial score (nSPS) is 11.9. The molecule has 1 heterocycles. The zero-order valence-electron chi connectivity index (χ0n) is 19.4. The molecule has 0 saturated heterocycles. The Kier molecular flexibility index (Phi) is 6.56. The minimum Gasteiger partial charge on any atom is -0.494 e. The van der Waals surface area contributed by atoms with Gasteiger partial charge in [0.2, 0.25) is 15.9 Å². The van der Waals surface area contributed by atoms with Crippen molar-refractivity contribution in [3.05, 3.63) is 102 Å². The van der Waals surface area contributed by atoms with Crippen LogP contribution >= 0.6 is 0 Å². The third-order valence-corrected chi connectivity index (χ3v) is 6.62. The van der Waals surface area contributed by atoms with Gasteiger partial charge in [0.15, 0.2) is 11.7 Å². The predicted molar refractivity (Wildman–Crippen MR) is 140 cm³/mol. The molecule has 36 heavy (non-hydrogen) atoms. The molecule has 0 aliphatic rings. The maximum Gasteiger partial charge on any atom is 0.238 e. The Morgan fingerprint density at radius 2 is 1.64 bits per heavy atom. The largest absolute Gasteiger partial charge is 0.494 e. The molecule has 0 aliphatic carbocycles. The van der Waals surface area contributed by atoms with Gasteiger partial charge in [0.25, 0.3) is 0 Å². The van der Waals surface area contributed by atoms with Crippen molar-refractivity contribution >= 4 is 21.4 Å². The second-order valence-corrected chi connectivity index (χ2v) is 9.47. The summed E-state index contributed by atoms with van der Waals surface area (Å²) in [6, 6.07) is 21.7. The fourth-order valence-corrected chi connectivity index (χ4v) is 4.67. The predicted octanol–water partition coefficient (Wildman–Crippen LogP) is 3.10. The van der Waals surface area contributed by atoms with Crippen LogP contribution in [0.4, 0.5) is 0 Å². The van der Waals surface area contributed by atoms with E-state index in [4.69, 9.17) is 10.9 Å². The first-order valence-electron chi connectivity index (χ1n) is 10.8. The molecule has 0 spiro atoms. The monoisotopic (exact) mass is 503 g/mol. The highest BCUT2D eigenvalue weighted by Crippen LogP contribution is 2.38. The van der Waals surface area contributed by atoms with E-state index in [1.54, 1.807) is 67.7 Å². The molecule has 4 aromatic rings. The van der Waals surface area contributed by atoms with Crippen LogP contribution in [0.1, 0.15) is 16.7 Å². The van der Waals surface area contributed by atoms with Crippen LogP contribution in [0.15, 0.2) is 95.4 Å². The van der Waals surface area contributed by atoms with Crippen molar-refractivity contribution in [2.24, 2.45) is 16.0 Å². The maximum atomic E-state index is 12.0. The van der Waals surface area contributed by atoms with Crippen LogP contribution in [-0.2, 0) is 10.0 Å². The fraction of sp³-hybridized carbons (Fsp3) is 0.0385. The van der Waals surface area contributed by atoms with E-state index in [9.17, 15) is 18.6 Å². The number of hydrogen-bond acceptors (Lipinski definition) is 6. The Labute approximate surface area is 208 Å². The van der Waals surface area contributed by atoms with Crippen molar-refractivity contribution in [2.75, 3.05) is 7.05 Å². The zero-order valence-corrected chi connectivity index (χ0v) is 20.2. The molecular formula is C26H25N5O4S. The molecule has 0 aliphatic heterocycles. The number of benzene rings is 3. The van der Waals surface area contributed by atoms with Crippen LogP contribution in [0.3, 0.4) is 0 Å². The lowest BCUT2D eigenvalue weighted by molar-refractivity contribution is 0.402. The molecule has 10 heteroatoms. The molecule has 0 unspecified atom stereocenters. The standard InChI is InChI=1S/C26H25N5O4S/c1-16(18-6-5-7-19(14-18)25(27)30-29-2)22-15-24(32)31(26(22)33)20-12-10-17(11-13-20)21-8-3-4-9-23(21)36(28,34)35/h3-15,29,32-33H,1H2,2H3,(H2,27,30)(H2,28,34,35). The first kappa shape index (κ1) is 24.6. The van der Waals surface area contributed by atoms with E-state index in [0.717, 1.165) is 0 Å². The summed E-state index contributed by atoms with van der Waals surface area (Å²) in [4.78, 5) is 0.00521. The molecule has 184 valence electrons. The van der Waals surface area contributed by atoms with Crippen LogP contribution in [0, 0.1) is 0 Å². The zero-order chi connectivity index (χ0) is 26.0. The molecule has 0 radical (unpaired) electrons. The quantitative estimate of drug-likeness (QED) is 0.148. The molecular weight excluding hydrogens is 478 g/mol. The summed E-state index contributed by atoms with van der Waals surface area (Å²) in [6.07, 6.45) is 0. The first-order chi connectivity index (χ1) is 17.1. The van der Waals surface area contributed by atoms with Crippen molar-refractivity contribution in [2.45, 2.75) is 4.90 Å². The SMILES string of the molecule is C=C(c1cccc(/C(N)=N/NC)c1)c1cc(O)n(-c2ccc(-c3ccccc3S(N)(=O)=O)cc2)c1O. The number of sulfonamides is 1. The van der Waals surface area contributed by atoms with Gasteiger partial charge in [-0.05, 0) is 41.0 Å². The average molecular weight is 504 g/mol. The van der Waals surface area contributed by atoms with Gasteiger partial charge >= 0.3 is 0 Å². The average Bonchev–Trinajstić information content (AvgIpc) is 3.17. The minimum atomic E-state index is -3.92. The summed E-state index contributed by atoms with van der Waals surface area (Å²) < 4.78 is 25.2. The number of amidine groups is 1. The fourth-order valence-electron chi connectivity index (χ4n) is 3.91. The number of aromatic nitrogens is 1. The van der Waals surface area contributed by atoms with Crippen molar-refractivity contribution in [1.29, 1.82) is 0 Å². The second kappa shape index (κ2) is 9.61. The minimum absolute atomic E-state index is 0.00521. The highest BCUT2D eigenvalue weighted by molar-refractivity contribution is 7.89. The van der Waals surface area contributed by atoms with E-state index in [1.165, 1.54) is 16.7 Å². The van der Waals surface area contributed by atoms with Gasteiger partial charge in [0.1, 0.15) is 0 Å². The Morgan fingerprint density at radius 3 is 2.31 bits per heavy atom. The topological polar surface area (TPSA) is 156 Å². The summed E-state index contributed by atoms with van der Waals surface area (Å²) in [5, 5.41) is 30.9. The van der Waals surface area contributed by atoms with E-state index in [0.29, 0.717) is 44.9 Å². The molecule has 9 nitrogen and oxygen atoms in total. The summed E-state index contributed by atoms with van der Waals surface area (Å²) in [6.45, 7) is 4.09. The Hall–Kier alpha value is -4.54. The molecule has 0 fully saturated rings. The number of nitrogens with two attached hydrogens (primary N) is 2. The first-order valence-corrected chi connectivity index (χ1v) is 12.3. The second-order valence-electron chi connectivity index (χ2n) is 7.94. The molecule has 0 atom stereocenters. The van der Waals surface area contributed by atoms with Crippen LogP contribution in [0.25, 0.3) is 22.4 Å². The van der Waals surface area contributed by atoms with E-state index in [1.807, 2.05) is 6.07 Å². The summed E-state index contributed by atoms with van der Waals surface area (Å²) in [5.74, 6) is -0.118. The van der Waals surface area contributed by atoms with Crippen molar-refractivity contribution in [3.63, 3.8) is 0 Å². The number of nitrogens with one attached hydrogen (secondary N) is 1. The molecule has 3 aromatic carbocycles. The van der Waals surface area contributed by atoms with Gasteiger partial charge in [-0.15, -0.1) is 0 Å². The molecule has 4 rings (SSSR count). The number of primary sulfonamides is 1. The van der Waals surface area contributed by atoms with Gasteiger partial charge in [0.05, 0.1) is 10.6 Å². The molecule has 1 aromatic heterocycles. The summed E-state index contributed by atoms with van der Waals surface area (Å²) >= 11 is 0. The van der Waals surface area contributed by atoms with Gasteiger partial charge in [0, 0.05) is 29.8 Å². The molecule has 0 bridgehead atoms. The van der Waals surface area contributed by atoms with Gasteiger partial charge in [-0.25, -0.2) is 13.6 Å². The molecule has 0 amide bonds. The summed E-state index contributed by atoms with van der Waals surface area (Å²) in [7, 11) is -2.27. The van der Waals surface area contributed by atoms with Gasteiger partial charge in [-0.2, -0.15) is 5.10 Å². The number of aromatic hydroxyl groups is 2.